The zero-order chi connectivity index (χ0) is 15.4. The molecule has 120 valence electrons. The van der Waals surface area contributed by atoms with Crippen LogP contribution in [-0.4, -0.2) is 17.4 Å². The predicted molar refractivity (Wildman–Crippen MR) is 86.3 cm³/mol. The van der Waals surface area contributed by atoms with Gasteiger partial charge in [0.25, 0.3) is 0 Å². The fraction of sp³-hybridized carbons (Fsp3) is 0.889. The zero-order valence-electron chi connectivity index (χ0n) is 13.9. The van der Waals surface area contributed by atoms with Crippen LogP contribution in [0.2, 0.25) is 0 Å². The number of fused-ring (bicyclic) bond motifs is 2. The summed E-state index contributed by atoms with van der Waals surface area (Å²) in [5, 5.41) is 14.1. The second kappa shape index (κ2) is 4.99. The first-order chi connectivity index (χ1) is 9.73. The van der Waals surface area contributed by atoms with Crippen LogP contribution in [-0.2, 0) is 0 Å². The van der Waals surface area contributed by atoms with E-state index in [0.717, 1.165) is 30.9 Å². The topological polar surface area (TPSA) is 58.3 Å². The summed E-state index contributed by atoms with van der Waals surface area (Å²) in [6.45, 7) is 10.9. The third-order valence-electron chi connectivity index (χ3n) is 6.74. The van der Waals surface area contributed by atoms with Gasteiger partial charge < -0.3 is 10.8 Å². The summed E-state index contributed by atoms with van der Waals surface area (Å²) >= 11 is 0. The lowest BCUT2D eigenvalue weighted by Gasteiger charge is -2.52. The van der Waals surface area contributed by atoms with E-state index in [1.54, 1.807) is 0 Å². The Kier molecular flexibility index (Phi) is 3.65. The normalized spacial score (nSPS) is 45.9. The van der Waals surface area contributed by atoms with E-state index in [0.29, 0.717) is 17.9 Å². The Morgan fingerprint density at radius 2 is 1.95 bits per heavy atom. The third-order valence-corrected chi connectivity index (χ3v) is 6.74. The lowest BCUT2D eigenvalue weighted by Crippen LogP contribution is -2.55. The van der Waals surface area contributed by atoms with E-state index in [9.17, 15) is 5.11 Å². The van der Waals surface area contributed by atoms with Crippen molar-refractivity contribution in [1.29, 1.82) is 0 Å². The van der Waals surface area contributed by atoms with Gasteiger partial charge in [-0.1, -0.05) is 27.4 Å². The van der Waals surface area contributed by atoms with E-state index in [-0.39, 0.29) is 17.1 Å². The van der Waals surface area contributed by atoms with E-state index in [4.69, 9.17) is 5.73 Å². The minimum atomic E-state index is -0.351. The fourth-order valence-electron chi connectivity index (χ4n) is 4.90. The van der Waals surface area contributed by atoms with E-state index >= 15 is 0 Å². The van der Waals surface area contributed by atoms with E-state index < -0.39 is 0 Å². The van der Waals surface area contributed by atoms with Gasteiger partial charge in [0.1, 0.15) is 6.23 Å². The Balaban J connectivity index is 1.73. The molecule has 3 aliphatic rings. The number of aliphatic hydroxyl groups excluding tert-OH is 1. The highest BCUT2D eigenvalue weighted by molar-refractivity contribution is 5.11. The molecule has 3 saturated carbocycles. The Morgan fingerprint density at radius 3 is 2.52 bits per heavy atom. The molecule has 0 aromatic heterocycles. The van der Waals surface area contributed by atoms with Crippen LogP contribution in [0.1, 0.15) is 59.3 Å². The molecule has 3 heteroatoms. The van der Waals surface area contributed by atoms with E-state index in [1.807, 2.05) is 0 Å². The zero-order valence-corrected chi connectivity index (χ0v) is 13.9. The van der Waals surface area contributed by atoms with Crippen molar-refractivity contribution in [1.82, 2.24) is 5.32 Å². The van der Waals surface area contributed by atoms with Crippen molar-refractivity contribution in [3.8, 4) is 0 Å². The highest BCUT2D eigenvalue weighted by Crippen LogP contribution is 2.53. The molecule has 3 rings (SSSR count). The second-order valence-electron chi connectivity index (χ2n) is 8.82. The minimum absolute atomic E-state index is 0.0854. The van der Waals surface area contributed by atoms with Gasteiger partial charge in [-0.25, -0.2) is 0 Å². The first kappa shape index (κ1) is 15.4. The number of allylic oxidation sites excluding steroid dienone is 1. The molecule has 0 aliphatic heterocycles. The van der Waals surface area contributed by atoms with Crippen molar-refractivity contribution >= 4 is 0 Å². The SMILES string of the molecule is C=C(N)C1(C)CC2CC(C)C(NC(O)C3(C)CC3)C(C2)C1. The van der Waals surface area contributed by atoms with Gasteiger partial charge >= 0.3 is 0 Å². The molecule has 6 atom stereocenters. The molecule has 2 bridgehead atoms. The molecule has 0 heterocycles. The van der Waals surface area contributed by atoms with Gasteiger partial charge in [-0.3, -0.25) is 5.32 Å². The largest absolute Gasteiger partial charge is 0.402 e. The molecule has 4 N–H and O–H groups in total. The van der Waals surface area contributed by atoms with Crippen molar-refractivity contribution in [2.45, 2.75) is 71.6 Å². The lowest BCUT2D eigenvalue weighted by molar-refractivity contribution is -0.0129. The van der Waals surface area contributed by atoms with Crippen molar-refractivity contribution in [2.75, 3.05) is 0 Å². The second-order valence-corrected chi connectivity index (χ2v) is 8.82. The summed E-state index contributed by atoms with van der Waals surface area (Å²) in [7, 11) is 0. The maximum atomic E-state index is 10.5. The van der Waals surface area contributed by atoms with Crippen molar-refractivity contribution in [3.05, 3.63) is 12.3 Å². The summed E-state index contributed by atoms with van der Waals surface area (Å²) < 4.78 is 0. The van der Waals surface area contributed by atoms with Crippen LogP contribution in [0, 0.1) is 28.6 Å². The van der Waals surface area contributed by atoms with Gasteiger partial charge in [-0.2, -0.15) is 0 Å². The van der Waals surface area contributed by atoms with Crippen molar-refractivity contribution < 1.29 is 5.11 Å². The summed E-state index contributed by atoms with van der Waals surface area (Å²) in [4.78, 5) is 0. The van der Waals surface area contributed by atoms with Gasteiger partial charge in [-0.15, -0.1) is 0 Å². The van der Waals surface area contributed by atoms with Crippen LogP contribution in [0.5, 0.6) is 0 Å². The molecule has 0 radical (unpaired) electrons. The van der Waals surface area contributed by atoms with Crippen LogP contribution < -0.4 is 11.1 Å². The smallest absolute Gasteiger partial charge is 0.110 e. The molecule has 0 amide bonds. The van der Waals surface area contributed by atoms with E-state index in [1.165, 1.54) is 19.3 Å². The molecule has 3 aliphatic carbocycles. The van der Waals surface area contributed by atoms with Crippen LogP contribution in [0.3, 0.4) is 0 Å². The summed E-state index contributed by atoms with van der Waals surface area (Å²) in [6, 6.07) is 0.424. The highest BCUT2D eigenvalue weighted by atomic mass is 16.3. The Bertz CT molecular complexity index is 429. The number of nitrogens with one attached hydrogen (secondary N) is 1. The van der Waals surface area contributed by atoms with Gasteiger partial charge in [0.05, 0.1) is 0 Å². The maximum absolute atomic E-state index is 10.5. The Hall–Kier alpha value is -0.540. The third kappa shape index (κ3) is 2.75. The quantitative estimate of drug-likeness (QED) is 0.698. The lowest BCUT2D eigenvalue weighted by atomic mass is 9.57. The van der Waals surface area contributed by atoms with Crippen LogP contribution in [0.15, 0.2) is 12.3 Å². The standard InChI is InChI=1S/C18H32N2O/c1-11-7-13-8-14(10-18(4,9-13)12(2)19)15(11)20-16(21)17(3)5-6-17/h11,13-16,20-21H,2,5-10,19H2,1,3-4H3. The number of nitrogens with two attached hydrogens (primary N) is 1. The molecule has 0 aromatic rings. The Morgan fingerprint density at radius 1 is 1.29 bits per heavy atom. The van der Waals surface area contributed by atoms with Crippen LogP contribution in [0.4, 0.5) is 0 Å². The van der Waals surface area contributed by atoms with Crippen molar-refractivity contribution in [3.63, 3.8) is 0 Å². The number of aliphatic hydroxyl groups is 1. The fourth-order valence-corrected chi connectivity index (χ4v) is 4.90. The molecular weight excluding hydrogens is 260 g/mol. The van der Waals surface area contributed by atoms with Gasteiger partial charge in [0, 0.05) is 22.6 Å². The number of hydrogen-bond donors (Lipinski definition) is 3. The molecule has 0 aromatic carbocycles. The van der Waals surface area contributed by atoms with Crippen LogP contribution in [0.25, 0.3) is 0 Å². The van der Waals surface area contributed by atoms with Gasteiger partial charge in [0.2, 0.25) is 0 Å². The first-order valence-corrected chi connectivity index (χ1v) is 8.62. The number of hydrogen-bond acceptors (Lipinski definition) is 3. The van der Waals surface area contributed by atoms with Gasteiger partial charge in [-0.05, 0) is 56.3 Å². The molecule has 0 spiro atoms. The maximum Gasteiger partial charge on any atom is 0.110 e. The molecule has 3 fully saturated rings. The average molecular weight is 292 g/mol. The minimum Gasteiger partial charge on any atom is -0.402 e. The average Bonchev–Trinajstić information content (AvgIpc) is 3.12. The van der Waals surface area contributed by atoms with Gasteiger partial charge in [0.15, 0.2) is 0 Å². The predicted octanol–water partition coefficient (Wildman–Crippen LogP) is 3.00. The monoisotopic (exact) mass is 292 g/mol. The van der Waals surface area contributed by atoms with E-state index in [2.05, 4.69) is 32.7 Å². The molecule has 3 nitrogen and oxygen atoms in total. The summed E-state index contributed by atoms with van der Waals surface area (Å²) in [5.41, 5.74) is 7.15. The molecular formula is C18H32N2O. The number of rotatable bonds is 4. The van der Waals surface area contributed by atoms with Crippen molar-refractivity contribution in [2.24, 2.45) is 34.3 Å². The highest BCUT2D eigenvalue weighted by Gasteiger charge is 2.50. The van der Waals surface area contributed by atoms with Crippen LogP contribution >= 0.6 is 0 Å². The molecule has 21 heavy (non-hydrogen) atoms. The first-order valence-electron chi connectivity index (χ1n) is 8.62. The molecule has 0 saturated heterocycles. The summed E-state index contributed by atoms with van der Waals surface area (Å²) in [5.74, 6) is 2.03. The summed E-state index contributed by atoms with van der Waals surface area (Å²) in [6.07, 6.45) is 6.78. The molecule has 6 unspecified atom stereocenters. The Labute approximate surface area is 129 Å².